The molecule has 1 N–H and O–H groups in total. The highest BCUT2D eigenvalue weighted by molar-refractivity contribution is 6.30. The first-order valence-corrected chi connectivity index (χ1v) is 7.60. The minimum absolute atomic E-state index is 0.159. The lowest BCUT2D eigenvalue weighted by Crippen LogP contribution is -2.19. The molecule has 0 spiro atoms. The van der Waals surface area contributed by atoms with Crippen molar-refractivity contribution in [2.75, 3.05) is 7.05 Å². The summed E-state index contributed by atoms with van der Waals surface area (Å²) in [4.78, 5) is 0. The standard InChI is InChI=1S/C18H21ClFN/c1-12(2)14-5-7-15(8-6-14)18(21-3)11-13-4-9-16(19)17(20)10-13/h4-10,12,18,21H,11H2,1-3H3. The molecule has 0 aliphatic heterocycles. The Labute approximate surface area is 131 Å². The topological polar surface area (TPSA) is 12.0 Å². The van der Waals surface area contributed by atoms with Gasteiger partial charge in [0.25, 0.3) is 0 Å². The Morgan fingerprint density at radius 1 is 1.05 bits per heavy atom. The summed E-state index contributed by atoms with van der Waals surface area (Å²) in [5.41, 5.74) is 3.47. The minimum Gasteiger partial charge on any atom is -0.313 e. The molecule has 1 unspecified atom stereocenters. The van der Waals surface area contributed by atoms with Gasteiger partial charge in [-0.25, -0.2) is 4.39 Å². The van der Waals surface area contributed by atoms with Crippen LogP contribution >= 0.6 is 11.6 Å². The molecule has 2 aromatic rings. The summed E-state index contributed by atoms with van der Waals surface area (Å²) in [7, 11) is 1.92. The molecule has 0 fully saturated rings. The van der Waals surface area contributed by atoms with Crippen molar-refractivity contribution in [2.24, 2.45) is 0 Å². The molecule has 0 saturated carbocycles. The van der Waals surface area contributed by atoms with Gasteiger partial charge in [-0.3, -0.25) is 0 Å². The lowest BCUT2D eigenvalue weighted by Gasteiger charge is -2.18. The van der Waals surface area contributed by atoms with Crippen LogP contribution in [-0.4, -0.2) is 7.05 Å². The molecule has 0 radical (unpaired) electrons. The fourth-order valence-corrected chi connectivity index (χ4v) is 2.52. The maximum atomic E-state index is 13.5. The minimum atomic E-state index is -0.362. The van der Waals surface area contributed by atoms with Gasteiger partial charge < -0.3 is 5.32 Å². The third kappa shape index (κ3) is 4.05. The van der Waals surface area contributed by atoms with E-state index in [0.717, 1.165) is 12.0 Å². The van der Waals surface area contributed by atoms with Crippen molar-refractivity contribution in [3.8, 4) is 0 Å². The molecule has 112 valence electrons. The molecule has 0 bridgehead atoms. The van der Waals surface area contributed by atoms with Gasteiger partial charge in [-0.05, 0) is 48.2 Å². The molecule has 21 heavy (non-hydrogen) atoms. The summed E-state index contributed by atoms with van der Waals surface area (Å²) in [6, 6.07) is 13.8. The van der Waals surface area contributed by atoms with E-state index in [-0.39, 0.29) is 16.9 Å². The van der Waals surface area contributed by atoms with Crippen LogP contribution in [0.4, 0.5) is 4.39 Å². The molecular weight excluding hydrogens is 285 g/mol. The number of hydrogen-bond donors (Lipinski definition) is 1. The van der Waals surface area contributed by atoms with Gasteiger partial charge >= 0.3 is 0 Å². The van der Waals surface area contributed by atoms with Crippen molar-refractivity contribution >= 4 is 11.6 Å². The molecule has 0 heterocycles. The fourth-order valence-electron chi connectivity index (χ4n) is 2.40. The number of benzene rings is 2. The summed E-state index contributed by atoms with van der Waals surface area (Å²) < 4.78 is 13.5. The highest BCUT2D eigenvalue weighted by Gasteiger charge is 2.12. The second-order valence-corrected chi connectivity index (χ2v) is 6.02. The van der Waals surface area contributed by atoms with Gasteiger partial charge in [0.2, 0.25) is 0 Å². The van der Waals surface area contributed by atoms with E-state index in [1.165, 1.54) is 17.2 Å². The summed E-state index contributed by atoms with van der Waals surface area (Å²) in [6.07, 6.45) is 0.728. The zero-order chi connectivity index (χ0) is 15.4. The number of hydrogen-bond acceptors (Lipinski definition) is 1. The zero-order valence-electron chi connectivity index (χ0n) is 12.7. The van der Waals surface area contributed by atoms with E-state index in [4.69, 9.17) is 11.6 Å². The predicted octanol–water partition coefficient (Wildman–Crippen LogP) is 5.11. The van der Waals surface area contributed by atoms with E-state index in [1.54, 1.807) is 6.07 Å². The molecule has 2 aromatic carbocycles. The normalized spacial score (nSPS) is 12.7. The van der Waals surface area contributed by atoms with Gasteiger partial charge in [0.1, 0.15) is 5.82 Å². The Bertz CT molecular complexity index is 593. The SMILES string of the molecule is CNC(Cc1ccc(Cl)c(F)c1)c1ccc(C(C)C)cc1. The van der Waals surface area contributed by atoms with E-state index in [0.29, 0.717) is 5.92 Å². The Hall–Kier alpha value is -1.38. The molecule has 2 rings (SSSR count). The highest BCUT2D eigenvalue weighted by Crippen LogP contribution is 2.23. The lowest BCUT2D eigenvalue weighted by molar-refractivity contribution is 0.584. The van der Waals surface area contributed by atoms with Gasteiger partial charge in [-0.1, -0.05) is 55.8 Å². The van der Waals surface area contributed by atoms with Crippen LogP contribution < -0.4 is 5.32 Å². The van der Waals surface area contributed by atoms with Gasteiger partial charge in [0, 0.05) is 6.04 Å². The Balaban J connectivity index is 2.17. The molecule has 3 heteroatoms. The molecule has 0 aliphatic carbocycles. The van der Waals surface area contributed by atoms with Crippen molar-refractivity contribution < 1.29 is 4.39 Å². The van der Waals surface area contributed by atoms with Crippen LogP contribution in [0.3, 0.4) is 0 Å². The van der Waals surface area contributed by atoms with Crippen LogP contribution in [0.5, 0.6) is 0 Å². The molecule has 0 amide bonds. The first kappa shape index (κ1) is 16.0. The average Bonchev–Trinajstić information content (AvgIpc) is 2.48. The van der Waals surface area contributed by atoms with Crippen LogP contribution in [-0.2, 0) is 6.42 Å². The van der Waals surface area contributed by atoms with Gasteiger partial charge in [0.15, 0.2) is 0 Å². The second-order valence-electron chi connectivity index (χ2n) is 5.62. The Morgan fingerprint density at radius 2 is 1.67 bits per heavy atom. The van der Waals surface area contributed by atoms with E-state index in [9.17, 15) is 4.39 Å². The smallest absolute Gasteiger partial charge is 0.142 e. The predicted molar refractivity (Wildman–Crippen MR) is 87.4 cm³/mol. The van der Waals surface area contributed by atoms with Gasteiger partial charge in [-0.15, -0.1) is 0 Å². The van der Waals surface area contributed by atoms with Crippen molar-refractivity contribution in [2.45, 2.75) is 32.2 Å². The third-order valence-corrected chi connectivity index (χ3v) is 4.08. The average molecular weight is 306 g/mol. The maximum Gasteiger partial charge on any atom is 0.142 e. The van der Waals surface area contributed by atoms with Crippen LogP contribution in [0.2, 0.25) is 5.02 Å². The first-order chi connectivity index (χ1) is 10.0. The maximum absolute atomic E-state index is 13.5. The number of nitrogens with one attached hydrogen (secondary N) is 1. The lowest BCUT2D eigenvalue weighted by atomic mass is 9.95. The van der Waals surface area contributed by atoms with Gasteiger partial charge in [-0.2, -0.15) is 0 Å². The zero-order valence-corrected chi connectivity index (χ0v) is 13.4. The third-order valence-electron chi connectivity index (χ3n) is 3.78. The summed E-state index contributed by atoms with van der Waals surface area (Å²) in [5, 5.41) is 3.46. The molecule has 0 aliphatic rings. The molecular formula is C18H21ClFN. The monoisotopic (exact) mass is 305 g/mol. The number of halogens is 2. The van der Waals surface area contributed by atoms with Crippen LogP contribution in [0.15, 0.2) is 42.5 Å². The highest BCUT2D eigenvalue weighted by atomic mass is 35.5. The van der Waals surface area contributed by atoms with E-state index in [2.05, 4.69) is 43.4 Å². The Kier molecular flexibility index (Phi) is 5.38. The second kappa shape index (κ2) is 7.06. The van der Waals surface area contributed by atoms with Crippen molar-refractivity contribution in [3.63, 3.8) is 0 Å². The van der Waals surface area contributed by atoms with E-state index >= 15 is 0 Å². The molecule has 1 atom stereocenters. The van der Waals surface area contributed by atoms with Gasteiger partial charge in [0.05, 0.1) is 5.02 Å². The number of rotatable bonds is 5. The molecule has 0 saturated heterocycles. The molecule has 0 aromatic heterocycles. The Morgan fingerprint density at radius 3 is 2.19 bits per heavy atom. The summed E-state index contributed by atoms with van der Waals surface area (Å²) >= 11 is 5.72. The molecule has 1 nitrogen and oxygen atoms in total. The largest absolute Gasteiger partial charge is 0.313 e. The summed E-state index contributed by atoms with van der Waals surface area (Å²) in [6.45, 7) is 4.36. The van der Waals surface area contributed by atoms with Crippen molar-refractivity contribution in [3.05, 3.63) is 70.0 Å². The van der Waals surface area contributed by atoms with Crippen molar-refractivity contribution in [1.82, 2.24) is 5.32 Å². The van der Waals surface area contributed by atoms with Crippen LogP contribution in [0.1, 0.15) is 42.5 Å². The van der Waals surface area contributed by atoms with E-state index < -0.39 is 0 Å². The quantitative estimate of drug-likeness (QED) is 0.810. The van der Waals surface area contributed by atoms with E-state index in [1.807, 2.05) is 13.1 Å². The van der Waals surface area contributed by atoms with Crippen LogP contribution in [0, 0.1) is 5.82 Å². The first-order valence-electron chi connectivity index (χ1n) is 7.22. The van der Waals surface area contributed by atoms with Crippen LogP contribution in [0.25, 0.3) is 0 Å². The fraction of sp³-hybridized carbons (Fsp3) is 0.333. The summed E-state index contributed by atoms with van der Waals surface area (Å²) in [5.74, 6) is 0.164. The van der Waals surface area contributed by atoms with Crippen molar-refractivity contribution in [1.29, 1.82) is 0 Å². The number of likely N-dealkylation sites (N-methyl/N-ethyl adjacent to an activating group) is 1.